The predicted octanol–water partition coefficient (Wildman–Crippen LogP) is 1.80. The maximum Gasteiger partial charge on any atom is 0.224 e. The molecule has 6 heteroatoms. The molecule has 2 atom stereocenters. The van der Waals surface area contributed by atoms with E-state index in [1.807, 2.05) is 18.2 Å². The Morgan fingerprint density at radius 2 is 1.92 bits per heavy atom. The summed E-state index contributed by atoms with van der Waals surface area (Å²) in [5, 5.41) is 6.54. The minimum Gasteiger partial charge on any atom is -0.491 e. The lowest BCUT2D eigenvalue weighted by Crippen LogP contribution is -2.39. The van der Waals surface area contributed by atoms with Crippen molar-refractivity contribution in [3.63, 3.8) is 0 Å². The van der Waals surface area contributed by atoms with Gasteiger partial charge >= 0.3 is 0 Å². The summed E-state index contributed by atoms with van der Waals surface area (Å²) in [6, 6.07) is 8.45. The van der Waals surface area contributed by atoms with Gasteiger partial charge in [-0.25, -0.2) is 0 Å². The molecular formula is C18H25N3O3. The van der Waals surface area contributed by atoms with Crippen LogP contribution in [0.15, 0.2) is 24.3 Å². The topological polar surface area (TPSA) is 93.5 Å². The van der Waals surface area contributed by atoms with Gasteiger partial charge in [-0.2, -0.15) is 0 Å². The van der Waals surface area contributed by atoms with E-state index in [9.17, 15) is 9.59 Å². The minimum atomic E-state index is -0.406. The van der Waals surface area contributed by atoms with Crippen LogP contribution in [0.1, 0.15) is 38.5 Å². The summed E-state index contributed by atoms with van der Waals surface area (Å²) in [4.78, 5) is 23.2. The normalized spacial score (nSPS) is 25.2. The Balaban J connectivity index is 1.53. The second-order valence-electron chi connectivity index (χ2n) is 6.79. The van der Waals surface area contributed by atoms with Crippen LogP contribution in [0.4, 0.5) is 5.69 Å². The van der Waals surface area contributed by atoms with Crippen LogP contribution < -0.4 is 21.1 Å². The van der Waals surface area contributed by atoms with E-state index in [1.54, 1.807) is 6.07 Å². The Bertz CT molecular complexity index is 593. The molecule has 3 rings (SSSR count). The highest BCUT2D eigenvalue weighted by Crippen LogP contribution is 2.33. The smallest absolute Gasteiger partial charge is 0.224 e. The molecule has 4 N–H and O–H groups in total. The van der Waals surface area contributed by atoms with E-state index >= 15 is 0 Å². The molecule has 1 aromatic carbocycles. The van der Waals surface area contributed by atoms with E-state index in [1.165, 1.54) is 12.8 Å². The van der Waals surface area contributed by atoms with Crippen molar-refractivity contribution < 1.29 is 14.3 Å². The lowest BCUT2D eigenvalue weighted by molar-refractivity contribution is -0.119. The number of anilines is 1. The van der Waals surface area contributed by atoms with Gasteiger partial charge in [-0.15, -0.1) is 0 Å². The van der Waals surface area contributed by atoms with Gasteiger partial charge in [0.05, 0.1) is 18.7 Å². The molecule has 2 amide bonds. The Morgan fingerprint density at radius 1 is 1.21 bits per heavy atom. The van der Waals surface area contributed by atoms with E-state index in [0.29, 0.717) is 35.9 Å². The lowest BCUT2D eigenvalue weighted by atomic mass is 9.89. The minimum absolute atomic E-state index is 0.0206. The molecule has 0 radical (unpaired) electrons. The SMILES string of the molecule is NC(=O)CCOc1ccccc1NC(=O)CC1CC2CCC(C1)N2. The third kappa shape index (κ3) is 4.47. The number of carbonyl (C=O) groups excluding carboxylic acids is 2. The number of amides is 2. The first-order valence-electron chi connectivity index (χ1n) is 8.66. The first-order valence-corrected chi connectivity index (χ1v) is 8.66. The molecule has 2 fully saturated rings. The molecule has 2 aliphatic heterocycles. The summed E-state index contributed by atoms with van der Waals surface area (Å²) in [7, 11) is 0. The second kappa shape index (κ2) is 7.66. The zero-order chi connectivity index (χ0) is 16.9. The van der Waals surface area contributed by atoms with Crippen LogP contribution in [0.25, 0.3) is 0 Å². The van der Waals surface area contributed by atoms with Crippen molar-refractivity contribution in [1.82, 2.24) is 5.32 Å². The van der Waals surface area contributed by atoms with Gasteiger partial charge in [-0.3, -0.25) is 9.59 Å². The molecule has 2 unspecified atom stereocenters. The van der Waals surface area contributed by atoms with Crippen molar-refractivity contribution in [1.29, 1.82) is 0 Å². The van der Waals surface area contributed by atoms with Crippen LogP contribution in [0.2, 0.25) is 0 Å². The van der Waals surface area contributed by atoms with Crippen LogP contribution in [0.5, 0.6) is 5.75 Å². The van der Waals surface area contributed by atoms with Crippen LogP contribution in [0, 0.1) is 5.92 Å². The molecule has 24 heavy (non-hydrogen) atoms. The average molecular weight is 331 g/mol. The number of ether oxygens (including phenoxy) is 1. The third-order valence-corrected chi connectivity index (χ3v) is 4.81. The van der Waals surface area contributed by atoms with Crippen LogP contribution in [0.3, 0.4) is 0 Å². The number of para-hydroxylation sites is 2. The van der Waals surface area contributed by atoms with Crippen molar-refractivity contribution in [3.05, 3.63) is 24.3 Å². The maximum absolute atomic E-state index is 12.4. The molecule has 0 aliphatic carbocycles. The van der Waals surface area contributed by atoms with E-state index in [2.05, 4.69) is 10.6 Å². The van der Waals surface area contributed by atoms with E-state index < -0.39 is 5.91 Å². The molecule has 2 aliphatic rings. The molecular weight excluding hydrogens is 306 g/mol. The average Bonchev–Trinajstić information content (AvgIpc) is 2.87. The predicted molar refractivity (Wildman–Crippen MR) is 91.7 cm³/mol. The first-order chi connectivity index (χ1) is 11.6. The first kappa shape index (κ1) is 16.8. The van der Waals surface area contributed by atoms with E-state index in [-0.39, 0.29) is 18.9 Å². The Hall–Kier alpha value is -2.08. The lowest BCUT2D eigenvalue weighted by Gasteiger charge is -2.28. The highest BCUT2D eigenvalue weighted by molar-refractivity contribution is 5.92. The fraction of sp³-hybridized carbons (Fsp3) is 0.556. The Labute approximate surface area is 142 Å². The fourth-order valence-corrected chi connectivity index (χ4v) is 3.76. The van der Waals surface area contributed by atoms with E-state index in [4.69, 9.17) is 10.5 Å². The standard InChI is InChI=1S/C18H25N3O3/c19-17(22)7-8-24-16-4-2-1-3-15(16)21-18(23)11-12-9-13-5-6-14(10-12)20-13/h1-4,12-14,20H,5-11H2,(H2,19,22)(H,21,23). The molecule has 130 valence electrons. The monoisotopic (exact) mass is 331 g/mol. The molecule has 2 heterocycles. The summed E-state index contributed by atoms with van der Waals surface area (Å²) in [5.41, 5.74) is 5.76. The van der Waals surface area contributed by atoms with Crippen molar-refractivity contribution in [2.24, 2.45) is 11.7 Å². The maximum atomic E-state index is 12.4. The number of benzene rings is 1. The van der Waals surface area contributed by atoms with Crippen molar-refractivity contribution in [3.8, 4) is 5.75 Å². The molecule has 0 spiro atoms. The summed E-state index contributed by atoms with van der Waals surface area (Å²) in [5.74, 6) is 0.633. The number of rotatable bonds is 7. The van der Waals surface area contributed by atoms with Crippen LogP contribution in [-0.2, 0) is 9.59 Å². The zero-order valence-electron chi connectivity index (χ0n) is 13.8. The van der Waals surface area contributed by atoms with Gasteiger partial charge in [0.25, 0.3) is 0 Å². The quantitative estimate of drug-likeness (QED) is 0.710. The molecule has 2 saturated heterocycles. The largest absolute Gasteiger partial charge is 0.491 e. The zero-order valence-corrected chi connectivity index (χ0v) is 13.8. The summed E-state index contributed by atoms with van der Waals surface area (Å²) in [6.07, 6.45) is 5.34. The summed E-state index contributed by atoms with van der Waals surface area (Å²) < 4.78 is 5.56. The molecule has 1 aromatic rings. The van der Waals surface area contributed by atoms with Gasteiger partial charge in [0.2, 0.25) is 11.8 Å². The highest BCUT2D eigenvalue weighted by atomic mass is 16.5. The van der Waals surface area contributed by atoms with Crippen LogP contribution in [-0.4, -0.2) is 30.5 Å². The van der Waals surface area contributed by atoms with Crippen molar-refractivity contribution in [2.75, 3.05) is 11.9 Å². The molecule has 0 saturated carbocycles. The van der Waals surface area contributed by atoms with Gasteiger partial charge in [-0.05, 0) is 43.7 Å². The van der Waals surface area contributed by atoms with Gasteiger partial charge in [-0.1, -0.05) is 12.1 Å². The second-order valence-corrected chi connectivity index (χ2v) is 6.79. The number of carbonyl (C=O) groups is 2. The summed E-state index contributed by atoms with van der Waals surface area (Å²) in [6.45, 7) is 0.208. The third-order valence-electron chi connectivity index (χ3n) is 4.81. The van der Waals surface area contributed by atoms with Gasteiger partial charge < -0.3 is 21.1 Å². The number of hydrogen-bond donors (Lipinski definition) is 3. The van der Waals surface area contributed by atoms with Gasteiger partial charge in [0, 0.05) is 18.5 Å². The number of hydrogen-bond acceptors (Lipinski definition) is 4. The molecule has 2 bridgehead atoms. The Morgan fingerprint density at radius 3 is 2.62 bits per heavy atom. The number of primary amides is 1. The van der Waals surface area contributed by atoms with Gasteiger partial charge in [0.15, 0.2) is 0 Å². The molecule has 6 nitrogen and oxygen atoms in total. The number of nitrogens with one attached hydrogen (secondary N) is 2. The molecule has 0 aromatic heterocycles. The number of nitrogens with two attached hydrogens (primary N) is 1. The van der Waals surface area contributed by atoms with E-state index in [0.717, 1.165) is 12.8 Å². The number of fused-ring (bicyclic) bond motifs is 2. The van der Waals surface area contributed by atoms with Gasteiger partial charge in [0.1, 0.15) is 5.75 Å². The highest BCUT2D eigenvalue weighted by Gasteiger charge is 2.34. The number of piperidine rings is 1. The summed E-state index contributed by atoms with van der Waals surface area (Å²) >= 11 is 0. The van der Waals surface area contributed by atoms with Crippen LogP contribution >= 0.6 is 0 Å². The van der Waals surface area contributed by atoms with Crippen molar-refractivity contribution >= 4 is 17.5 Å². The Kier molecular flexibility index (Phi) is 5.35. The fourth-order valence-electron chi connectivity index (χ4n) is 3.76. The van der Waals surface area contributed by atoms with Crippen molar-refractivity contribution in [2.45, 2.75) is 50.6 Å².